The van der Waals surface area contributed by atoms with Crippen molar-refractivity contribution in [3.8, 4) is 11.5 Å². The number of hydrogen-bond donors (Lipinski definition) is 1. The van der Waals surface area contributed by atoms with Crippen LogP contribution in [0, 0.1) is 6.92 Å². The van der Waals surface area contributed by atoms with E-state index in [-0.39, 0.29) is 11.5 Å². The molecule has 1 aliphatic rings. The van der Waals surface area contributed by atoms with Crippen LogP contribution in [0.25, 0.3) is 0 Å². The van der Waals surface area contributed by atoms with E-state index in [0.717, 1.165) is 29.2 Å². The van der Waals surface area contributed by atoms with E-state index in [2.05, 4.69) is 30.2 Å². The lowest BCUT2D eigenvalue weighted by molar-refractivity contribution is 0.0941. The second-order valence-electron chi connectivity index (χ2n) is 6.55. The van der Waals surface area contributed by atoms with Crippen molar-refractivity contribution in [2.75, 3.05) is 13.2 Å². The zero-order valence-electron chi connectivity index (χ0n) is 14.3. The van der Waals surface area contributed by atoms with Gasteiger partial charge in [0.25, 0.3) is 5.91 Å². The van der Waals surface area contributed by atoms with E-state index < -0.39 is 0 Å². The number of rotatable bonds is 5. The molecule has 0 saturated carbocycles. The van der Waals surface area contributed by atoms with E-state index in [1.54, 1.807) is 6.07 Å². The fourth-order valence-electron chi connectivity index (χ4n) is 2.79. The van der Waals surface area contributed by atoms with Gasteiger partial charge in [-0.3, -0.25) is 4.79 Å². The highest BCUT2D eigenvalue weighted by molar-refractivity contribution is 5.92. The summed E-state index contributed by atoms with van der Waals surface area (Å²) in [5.74, 6) is 1.34. The Morgan fingerprint density at radius 2 is 2.08 bits per heavy atom. The van der Waals surface area contributed by atoms with Crippen molar-refractivity contribution in [3.63, 3.8) is 0 Å². The molecule has 2 aromatic rings. The molecule has 0 spiro atoms. The molecule has 0 bridgehead atoms. The van der Waals surface area contributed by atoms with Gasteiger partial charge in [-0.05, 0) is 39.0 Å². The number of ether oxygens (including phenoxy) is 2. The van der Waals surface area contributed by atoms with Gasteiger partial charge < -0.3 is 14.8 Å². The van der Waals surface area contributed by atoms with E-state index in [0.29, 0.717) is 18.8 Å². The van der Waals surface area contributed by atoms with Gasteiger partial charge in [0.2, 0.25) is 0 Å². The topological polar surface area (TPSA) is 60.5 Å². The highest BCUT2D eigenvalue weighted by atomic mass is 16.5. The number of nitrogens with zero attached hydrogens (tertiary/aromatic N) is 1. The van der Waals surface area contributed by atoms with Crippen molar-refractivity contribution in [2.24, 2.45) is 0 Å². The molecule has 1 aliphatic heterocycles. The number of aromatic nitrogens is 1. The van der Waals surface area contributed by atoms with E-state index in [4.69, 9.17) is 9.47 Å². The summed E-state index contributed by atoms with van der Waals surface area (Å²) in [5.41, 5.74) is 2.19. The number of hydrogen-bond acceptors (Lipinski definition) is 4. The molecule has 0 radical (unpaired) electrons. The van der Waals surface area contributed by atoms with Crippen molar-refractivity contribution < 1.29 is 14.3 Å². The zero-order valence-corrected chi connectivity index (χ0v) is 14.3. The van der Waals surface area contributed by atoms with Gasteiger partial charge in [-0.25, -0.2) is 4.98 Å². The minimum atomic E-state index is -0.202. The van der Waals surface area contributed by atoms with Gasteiger partial charge in [0.05, 0.1) is 6.54 Å². The number of fused-ring (bicyclic) bond motifs is 1. The van der Waals surface area contributed by atoms with E-state index in [9.17, 15) is 4.79 Å². The fraction of sp³-hybridized carbons (Fsp3) is 0.368. The lowest BCUT2D eigenvalue weighted by atomic mass is 10.0. The second kappa shape index (κ2) is 6.51. The molecule has 3 rings (SSSR count). The summed E-state index contributed by atoms with van der Waals surface area (Å²) >= 11 is 0. The van der Waals surface area contributed by atoms with Crippen molar-refractivity contribution in [1.82, 2.24) is 10.3 Å². The summed E-state index contributed by atoms with van der Waals surface area (Å²) in [5, 5.41) is 2.81. The van der Waals surface area contributed by atoms with Crippen LogP contribution in [0.5, 0.6) is 11.5 Å². The van der Waals surface area contributed by atoms with Crippen LogP contribution in [-0.4, -0.2) is 29.6 Å². The first-order valence-corrected chi connectivity index (χ1v) is 8.10. The third-order valence-corrected chi connectivity index (χ3v) is 3.82. The quantitative estimate of drug-likeness (QED) is 0.858. The number of carbonyl (C=O) groups is 1. The molecule has 5 nitrogen and oxygen atoms in total. The summed E-state index contributed by atoms with van der Waals surface area (Å²) in [4.78, 5) is 16.2. The first-order chi connectivity index (χ1) is 11.4. The maximum Gasteiger partial charge on any atom is 0.270 e. The standard InChI is InChI=1S/C19H22N2O3/c1-13-6-4-8-15(21-13)18(22)20-10-11-23-16-9-5-7-14-12-19(2,3)24-17(14)16/h4-9H,10-12H2,1-3H3,(H,20,22). The molecule has 0 aliphatic carbocycles. The fourth-order valence-corrected chi connectivity index (χ4v) is 2.79. The molecule has 1 aromatic carbocycles. The van der Waals surface area contributed by atoms with Crippen molar-refractivity contribution >= 4 is 5.91 Å². The van der Waals surface area contributed by atoms with Crippen LogP contribution >= 0.6 is 0 Å². The van der Waals surface area contributed by atoms with Crippen LogP contribution in [0.15, 0.2) is 36.4 Å². The Kier molecular flexibility index (Phi) is 4.42. The molecule has 0 atom stereocenters. The first kappa shape index (κ1) is 16.3. The number of benzene rings is 1. The van der Waals surface area contributed by atoms with Crippen LogP contribution in [-0.2, 0) is 6.42 Å². The van der Waals surface area contributed by atoms with Gasteiger partial charge in [-0.2, -0.15) is 0 Å². The minimum absolute atomic E-state index is 0.196. The lowest BCUT2D eigenvalue weighted by Gasteiger charge is -2.18. The maximum atomic E-state index is 12.0. The van der Waals surface area contributed by atoms with E-state index in [1.165, 1.54) is 0 Å². The molecular weight excluding hydrogens is 304 g/mol. The van der Waals surface area contributed by atoms with Gasteiger partial charge in [-0.15, -0.1) is 0 Å². The first-order valence-electron chi connectivity index (χ1n) is 8.10. The Bertz CT molecular complexity index is 756. The third-order valence-electron chi connectivity index (χ3n) is 3.82. The largest absolute Gasteiger partial charge is 0.488 e. The Balaban J connectivity index is 1.53. The van der Waals surface area contributed by atoms with Gasteiger partial charge in [0.1, 0.15) is 17.9 Å². The Hall–Kier alpha value is -2.56. The highest BCUT2D eigenvalue weighted by Crippen LogP contribution is 2.41. The number of carbonyl (C=O) groups excluding carboxylic acids is 1. The number of para-hydroxylation sites is 1. The summed E-state index contributed by atoms with van der Waals surface area (Å²) in [6, 6.07) is 11.3. The summed E-state index contributed by atoms with van der Waals surface area (Å²) in [7, 11) is 0. The minimum Gasteiger partial charge on any atom is -0.488 e. The van der Waals surface area contributed by atoms with Gasteiger partial charge in [-0.1, -0.05) is 18.2 Å². The second-order valence-corrected chi connectivity index (χ2v) is 6.55. The zero-order chi connectivity index (χ0) is 17.2. The number of nitrogens with one attached hydrogen (secondary N) is 1. The molecule has 126 valence electrons. The molecule has 2 heterocycles. The molecule has 0 unspecified atom stereocenters. The normalized spacial score (nSPS) is 14.6. The van der Waals surface area contributed by atoms with Crippen LogP contribution < -0.4 is 14.8 Å². The van der Waals surface area contributed by atoms with Gasteiger partial charge in [0.15, 0.2) is 11.5 Å². The molecule has 0 fully saturated rings. The van der Waals surface area contributed by atoms with E-state index >= 15 is 0 Å². The summed E-state index contributed by atoms with van der Waals surface area (Å²) in [6.07, 6.45) is 0.870. The molecule has 5 heteroatoms. The summed E-state index contributed by atoms with van der Waals surface area (Å²) < 4.78 is 11.8. The third kappa shape index (κ3) is 3.67. The van der Waals surface area contributed by atoms with Crippen molar-refractivity contribution in [2.45, 2.75) is 32.8 Å². The Morgan fingerprint density at radius 3 is 2.88 bits per heavy atom. The number of aryl methyl sites for hydroxylation is 1. The molecule has 1 amide bonds. The van der Waals surface area contributed by atoms with Crippen LogP contribution in [0.1, 0.15) is 35.6 Å². The van der Waals surface area contributed by atoms with Gasteiger partial charge in [0, 0.05) is 17.7 Å². The number of pyridine rings is 1. The van der Waals surface area contributed by atoms with E-state index in [1.807, 2.05) is 31.2 Å². The van der Waals surface area contributed by atoms with Crippen molar-refractivity contribution in [1.29, 1.82) is 0 Å². The average Bonchev–Trinajstić information content (AvgIpc) is 2.86. The molecular formula is C19H22N2O3. The smallest absolute Gasteiger partial charge is 0.270 e. The predicted octanol–water partition coefficient (Wildman–Crippen LogP) is 2.91. The molecule has 0 saturated heterocycles. The SMILES string of the molecule is Cc1cccc(C(=O)NCCOc2cccc3c2OC(C)(C)C3)n1. The van der Waals surface area contributed by atoms with Crippen LogP contribution in [0.3, 0.4) is 0 Å². The van der Waals surface area contributed by atoms with Gasteiger partial charge >= 0.3 is 0 Å². The van der Waals surface area contributed by atoms with Crippen LogP contribution in [0.2, 0.25) is 0 Å². The average molecular weight is 326 g/mol. The Morgan fingerprint density at radius 1 is 1.29 bits per heavy atom. The van der Waals surface area contributed by atoms with Crippen LogP contribution in [0.4, 0.5) is 0 Å². The lowest BCUT2D eigenvalue weighted by Crippen LogP contribution is -2.29. The number of amides is 1. The Labute approximate surface area is 142 Å². The summed E-state index contributed by atoms with van der Waals surface area (Å²) in [6.45, 7) is 6.76. The monoisotopic (exact) mass is 326 g/mol. The predicted molar refractivity (Wildman–Crippen MR) is 91.7 cm³/mol. The molecule has 1 N–H and O–H groups in total. The molecule has 1 aromatic heterocycles. The maximum absolute atomic E-state index is 12.0. The van der Waals surface area contributed by atoms with Crippen molar-refractivity contribution in [3.05, 3.63) is 53.3 Å². The highest BCUT2D eigenvalue weighted by Gasteiger charge is 2.32. The molecule has 24 heavy (non-hydrogen) atoms.